The number of amides is 1. The van der Waals surface area contributed by atoms with E-state index in [4.69, 9.17) is 4.74 Å². The van der Waals surface area contributed by atoms with Crippen LogP contribution in [0.25, 0.3) is 0 Å². The van der Waals surface area contributed by atoms with Crippen molar-refractivity contribution in [1.29, 1.82) is 0 Å². The van der Waals surface area contributed by atoms with Gasteiger partial charge in [-0.3, -0.25) is 9.78 Å². The molecule has 5 nitrogen and oxygen atoms in total. The average molecular weight is 409 g/mol. The molecule has 0 unspecified atom stereocenters. The van der Waals surface area contributed by atoms with Crippen molar-refractivity contribution in [2.24, 2.45) is 0 Å². The first-order chi connectivity index (χ1) is 12.1. The van der Waals surface area contributed by atoms with Crippen LogP contribution in [0.15, 0.2) is 47.2 Å². The molecular formula is C18H20BrFN3O2+. The van der Waals surface area contributed by atoms with Crippen molar-refractivity contribution in [3.05, 3.63) is 58.6 Å². The van der Waals surface area contributed by atoms with Gasteiger partial charge in [0.25, 0.3) is 5.91 Å². The second kappa shape index (κ2) is 8.40. The van der Waals surface area contributed by atoms with Gasteiger partial charge in [0, 0.05) is 18.0 Å². The van der Waals surface area contributed by atoms with Crippen molar-refractivity contribution >= 4 is 21.8 Å². The minimum Gasteiger partial charge on any atom is -0.483 e. The van der Waals surface area contributed by atoms with E-state index >= 15 is 0 Å². The van der Waals surface area contributed by atoms with Crippen molar-refractivity contribution in [3.8, 4) is 5.75 Å². The van der Waals surface area contributed by atoms with Crippen LogP contribution in [0.4, 0.5) is 4.39 Å². The van der Waals surface area contributed by atoms with Gasteiger partial charge < -0.3 is 14.5 Å². The van der Waals surface area contributed by atoms with E-state index in [0.29, 0.717) is 23.3 Å². The molecule has 2 aromatic rings. The van der Waals surface area contributed by atoms with Crippen LogP contribution in [0, 0.1) is 5.82 Å². The molecule has 2 heterocycles. The molecule has 1 fully saturated rings. The zero-order chi connectivity index (χ0) is 17.6. The fourth-order valence-corrected chi connectivity index (χ4v) is 3.33. The lowest BCUT2D eigenvalue weighted by atomic mass is 10.2. The van der Waals surface area contributed by atoms with Gasteiger partial charge in [0.15, 0.2) is 6.61 Å². The maximum atomic E-state index is 13.1. The molecule has 7 heteroatoms. The Morgan fingerprint density at radius 1 is 1.24 bits per heavy atom. The smallest absolute Gasteiger partial charge is 0.260 e. The maximum Gasteiger partial charge on any atom is 0.260 e. The monoisotopic (exact) mass is 408 g/mol. The first-order valence-electron chi connectivity index (χ1n) is 8.20. The van der Waals surface area contributed by atoms with Gasteiger partial charge in [0.1, 0.15) is 18.1 Å². The number of ether oxygens (including phenoxy) is 1. The molecule has 0 spiro atoms. The molecule has 1 amide bonds. The minimum atomic E-state index is -0.348. The number of hydrogen-bond donors (Lipinski definition) is 1. The summed E-state index contributed by atoms with van der Waals surface area (Å²) in [4.78, 5) is 19.6. The van der Waals surface area contributed by atoms with Gasteiger partial charge in [-0.05, 0) is 46.3 Å². The van der Waals surface area contributed by atoms with E-state index in [1.807, 2.05) is 17.0 Å². The Kier molecular flexibility index (Phi) is 5.99. The zero-order valence-corrected chi connectivity index (χ0v) is 15.3. The van der Waals surface area contributed by atoms with Gasteiger partial charge in [-0.2, -0.15) is 0 Å². The first kappa shape index (κ1) is 17.8. The molecule has 0 atom stereocenters. The highest BCUT2D eigenvalue weighted by atomic mass is 79.9. The molecule has 1 saturated heterocycles. The summed E-state index contributed by atoms with van der Waals surface area (Å²) in [6.45, 7) is 4.16. The number of rotatable bonds is 5. The fraction of sp³-hybridized carbons (Fsp3) is 0.333. The SMILES string of the molecule is O=C(COc1ccc(F)cc1Br)N1CC[NH+](Cc2ccncc2)CC1. The fourth-order valence-electron chi connectivity index (χ4n) is 2.86. The zero-order valence-electron chi connectivity index (χ0n) is 13.8. The first-order valence-corrected chi connectivity index (χ1v) is 8.99. The highest BCUT2D eigenvalue weighted by Gasteiger charge is 2.24. The molecule has 1 N–H and O–H groups in total. The Balaban J connectivity index is 1.45. The van der Waals surface area contributed by atoms with E-state index in [0.717, 1.165) is 19.6 Å². The van der Waals surface area contributed by atoms with Crippen LogP contribution in [0.3, 0.4) is 0 Å². The van der Waals surface area contributed by atoms with Crippen LogP contribution in [0.1, 0.15) is 5.56 Å². The number of carbonyl (C=O) groups excluding carboxylic acids is 1. The van der Waals surface area contributed by atoms with E-state index < -0.39 is 0 Å². The molecule has 132 valence electrons. The van der Waals surface area contributed by atoms with Gasteiger partial charge in [0.05, 0.1) is 30.7 Å². The number of quaternary nitrogens is 1. The van der Waals surface area contributed by atoms with Crippen molar-refractivity contribution < 1.29 is 18.8 Å². The molecule has 0 radical (unpaired) electrons. The molecule has 25 heavy (non-hydrogen) atoms. The average Bonchev–Trinajstić information content (AvgIpc) is 2.62. The highest BCUT2D eigenvalue weighted by Crippen LogP contribution is 2.25. The number of aromatic nitrogens is 1. The van der Waals surface area contributed by atoms with Crippen molar-refractivity contribution in [2.75, 3.05) is 32.8 Å². The second-order valence-corrected chi connectivity index (χ2v) is 6.88. The van der Waals surface area contributed by atoms with Gasteiger partial charge in [-0.15, -0.1) is 0 Å². The number of nitrogens with one attached hydrogen (secondary N) is 1. The highest BCUT2D eigenvalue weighted by molar-refractivity contribution is 9.10. The third kappa shape index (κ3) is 4.99. The van der Waals surface area contributed by atoms with Crippen LogP contribution in [0.5, 0.6) is 5.75 Å². The Morgan fingerprint density at radius 2 is 1.96 bits per heavy atom. The lowest BCUT2D eigenvalue weighted by Gasteiger charge is -2.32. The topological polar surface area (TPSA) is 46.9 Å². The normalized spacial score (nSPS) is 15.2. The Morgan fingerprint density at radius 3 is 2.64 bits per heavy atom. The van der Waals surface area contributed by atoms with Crippen LogP contribution >= 0.6 is 15.9 Å². The molecule has 0 aliphatic carbocycles. The number of halogens is 2. The van der Waals surface area contributed by atoms with E-state index in [9.17, 15) is 9.18 Å². The van der Waals surface area contributed by atoms with Gasteiger partial charge >= 0.3 is 0 Å². The maximum absolute atomic E-state index is 13.1. The number of piperazine rings is 1. The second-order valence-electron chi connectivity index (χ2n) is 6.03. The number of pyridine rings is 1. The summed E-state index contributed by atoms with van der Waals surface area (Å²) in [5, 5.41) is 0. The standard InChI is InChI=1S/C18H19BrFN3O2/c19-16-11-15(20)1-2-17(16)25-13-18(24)23-9-7-22(8-10-23)12-14-3-5-21-6-4-14/h1-6,11H,7-10,12-13H2/p+1. The lowest BCUT2D eigenvalue weighted by molar-refractivity contribution is -0.917. The molecule has 0 bridgehead atoms. The minimum absolute atomic E-state index is 0.0378. The van der Waals surface area contributed by atoms with E-state index in [1.165, 1.54) is 28.7 Å². The third-order valence-electron chi connectivity index (χ3n) is 4.27. The summed E-state index contributed by atoms with van der Waals surface area (Å²) in [5.41, 5.74) is 1.26. The molecule has 1 aromatic heterocycles. The van der Waals surface area contributed by atoms with Crippen molar-refractivity contribution in [3.63, 3.8) is 0 Å². The summed E-state index contributed by atoms with van der Waals surface area (Å²) in [5.74, 6) is 0.0785. The van der Waals surface area contributed by atoms with E-state index in [-0.39, 0.29) is 18.3 Å². The molecule has 3 rings (SSSR count). The number of nitrogens with zero attached hydrogens (tertiary/aromatic N) is 2. The predicted molar refractivity (Wildman–Crippen MR) is 94.8 cm³/mol. The summed E-state index contributed by atoms with van der Waals surface area (Å²) in [6, 6.07) is 8.20. The van der Waals surface area contributed by atoms with Crippen molar-refractivity contribution in [2.45, 2.75) is 6.54 Å². The summed E-state index contributed by atoms with van der Waals surface area (Å²) >= 11 is 3.23. The molecule has 1 aliphatic rings. The predicted octanol–water partition coefficient (Wildman–Crippen LogP) is 1.29. The number of carbonyl (C=O) groups is 1. The largest absolute Gasteiger partial charge is 0.483 e. The van der Waals surface area contributed by atoms with E-state index in [1.54, 1.807) is 12.4 Å². The summed E-state index contributed by atoms with van der Waals surface area (Å²) in [6.07, 6.45) is 3.61. The quantitative estimate of drug-likeness (QED) is 0.810. The molecule has 1 aliphatic heterocycles. The van der Waals surface area contributed by atoms with E-state index in [2.05, 4.69) is 20.9 Å². The molecular weight excluding hydrogens is 389 g/mol. The molecule has 1 aromatic carbocycles. The van der Waals surface area contributed by atoms with Gasteiger partial charge in [-0.1, -0.05) is 0 Å². The number of hydrogen-bond acceptors (Lipinski definition) is 3. The van der Waals surface area contributed by atoms with Crippen LogP contribution in [-0.4, -0.2) is 48.6 Å². The Labute approximate surface area is 154 Å². The van der Waals surface area contributed by atoms with Crippen LogP contribution in [-0.2, 0) is 11.3 Å². The summed E-state index contributed by atoms with van der Waals surface area (Å²) in [7, 11) is 0. The van der Waals surface area contributed by atoms with Crippen LogP contribution in [0.2, 0.25) is 0 Å². The van der Waals surface area contributed by atoms with Crippen molar-refractivity contribution in [1.82, 2.24) is 9.88 Å². The van der Waals surface area contributed by atoms with Crippen LogP contribution < -0.4 is 9.64 Å². The van der Waals surface area contributed by atoms with Gasteiger partial charge in [0.2, 0.25) is 0 Å². The van der Waals surface area contributed by atoms with Gasteiger partial charge in [-0.25, -0.2) is 4.39 Å². The Hall–Kier alpha value is -1.99. The number of benzene rings is 1. The Bertz CT molecular complexity index is 722. The summed E-state index contributed by atoms with van der Waals surface area (Å²) < 4.78 is 19.1. The molecule has 0 saturated carbocycles. The lowest BCUT2D eigenvalue weighted by Crippen LogP contribution is -3.13. The third-order valence-corrected chi connectivity index (χ3v) is 4.89.